The molecule has 0 saturated heterocycles. The Bertz CT molecular complexity index is 1130. The number of benzene rings is 2. The first kappa shape index (κ1) is 28.8. The minimum absolute atomic E-state index is 0.140. The number of halogens is 9. The highest BCUT2D eigenvalue weighted by molar-refractivity contribution is 6.48. The zero-order valence-electron chi connectivity index (χ0n) is 17.9. The molecule has 2 rings (SSSR count). The van der Waals surface area contributed by atoms with Gasteiger partial charge in [0.05, 0.1) is 38.3 Å². The van der Waals surface area contributed by atoms with Gasteiger partial charge in [-0.05, 0) is 42.3 Å². The SMILES string of the molecule is CC(=O)N[C@@H](C)NC(=O)c1ccc(/C=C/C(c2cc(Cl)c(Cl)c(Cl)c2)C(F)(F)F)cc1C(F)(F)F. The maximum absolute atomic E-state index is 13.7. The number of alkyl halides is 6. The first-order valence-corrected chi connectivity index (χ1v) is 10.8. The van der Waals surface area contributed by atoms with Crippen LogP contribution in [-0.4, -0.2) is 24.2 Å². The third kappa shape index (κ3) is 7.78. The summed E-state index contributed by atoms with van der Waals surface area (Å²) in [5.41, 5.74) is -2.75. The molecular formula is C22H17Cl3F6N2O2. The molecular weight excluding hydrogens is 545 g/mol. The summed E-state index contributed by atoms with van der Waals surface area (Å²) in [5.74, 6) is -3.91. The van der Waals surface area contributed by atoms with Crippen LogP contribution in [0.2, 0.25) is 15.1 Å². The van der Waals surface area contributed by atoms with Crippen LogP contribution in [0.25, 0.3) is 6.08 Å². The van der Waals surface area contributed by atoms with Gasteiger partial charge in [0.2, 0.25) is 5.91 Å². The number of hydrogen-bond donors (Lipinski definition) is 2. The Morgan fingerprint density at radius 3 is 2.00 bits per heavy atom. The number of hydrogen-bond acceptors (Lipinski definition) is 2. The van der Waals surface area contributed by atoms with Gasteiger partial charge >= 0.3 is 12.4 Å². The second-order valence-corrected chi connectivity index (χ2v) is 8.57. The maximum atomic E-state index is 13.7. The Kier molecular flexibility index (Phi) is 9.13. The van der Waals surface area contributed by atoms with Gasteiger partial charge in [-0.2, -0.15) is 26.3 Å². The minimum Gasteiger partial charge on any atom is -0.337 e. The number of rotatable bonds is 6. The van der Waals surface area contributed by atoms with Crippen molar-refractivity contribution in [3.8, 4) is 0 Å². The van der Waals surface area contributed by atoms with Gasteiger partial charge in [0.1, 0.15) is 0 Å². The molecule has 2 aromatic rings. The smallest absolute Gasteiger partial charge is 0.337 e. The van der Waals surface area contributed by atoms with Crippen molar-refractivity contribution in [2.75, 3.05) is 0 Å². The fraction of sp³-hybridized carbons (Fsp3) is 0.273. The van der Waals surface area contributed by atoms with Crippen molar-refractivity contribution >= 4 is 52.7 Å². The molecule has 0 bridgehead atoms. The Hall–Kier alpha value is -2.43. The number of amides is 2. The van der Waals surface area contributed by atoms with Gasteiger partial charge in [0.15, 0.2) is 0 Å². The lowest BCUT2D eigenvalue weighted by atomic mass is 9.96. The van der Waals surface area contributed by atoms with E-state index in [0.29, 0.717) is 12.1 Å². The molecule has 0 saturated carbocycles. The highest BCUT2D eigenvalue weighted by Crippen LogP contribution is 2.41. The summed E-state index contributed by atoms with van der Waals surface area (Å²) in [6, 6.07) is 4.35. The predicted octanol–water partition coefficient (Wildman–Crippen LogP) is 7.24. The van der Waals surface area contributed by atoms with E-state index in [9.17, 15) is 35.9 Å². The Balaban J connectivity index is 2.45. The van der Waals surface area contributed by atoms with E-state index < -0.39 is 47.4 Å². The highest BCUT2D eigenvalue weighted by atomic mass is 35.5. The molecule has 1 unspecified atom stereocenters. The standard InChI is InChI=1S/C22H17Cl3F6N2O2/c1-10(32-11(2)34)33-20(35)14-5-3-12(7-16(14)22(29,30)31)4-6-15(21(26,27)28)13-8-17(23)19(25)18(24)9-13/h3-10,15H,1-2H3,(H,32,34)(H,33,35)/b6-4+/t10-,15?/m1/s1. The van der Waals surface area contributed by atoms with Crippen LogP contribution in [0.4, 0.5) is 26.3 Å². The van der Waals surface area contributed by atoms with E-state index in [0.717, 1.165) is 37.3 Å². The van der Waals surface area contributed by atoms with Crippen molar-refractivity contribution < 1.29 is 35.9 Å². The van der Waals surface area contributed by atoms with Crippen molar-refractivity contribution in [1.29, 1.82) is 0 Å². The van der Waals surface area contributed by atoms with Crippen LogP contribution in [0.1, 0.15) is 46.8 Å². The number of carbonyl (C=O) groups is 2. The average Bonchev–Trinajstić information content (AvgIpc) is 2.69. The third-order valence-corrected chi connectivity index (χ3v) is 5.76. The first-order chi connectivity index (χ1) is 16.0. The summed E-state index contributed by atoms with van der Waals surface area (Å²) < 4.78 is 81.9. The van der Waals surface area contributed by atoms with Gasteiger partial charge in [-0.15, -0.1) is 0 Å². The molecule has 0 spiro atoms. The van der Waals surface area contributed by atoms with Gasteiger partial charge < -0.3 is 10.6 Å². The lowest BCUT2D eigenvalue weighted by Crippen LogP contribution is -2.45. The summed E-state index contributed by atoms with van der Waals surface area (Å²) in [6.07, 6.45) is -9.31. The van der Waals surface area contributed by atoms with E-state index in [4.69, 9.17) is 34.8 Å². The molecule has 0 fully saturated rings. The second kappa shape index (κ2) is 11.1. The molecule has 35 heavy (non-hydrogen) atoms. The predicted molar refractivity (Wildman–Crippen MR) is 121 cm³/mol. The summed E-state index contributed by atoms with van der Waals surface area (Å²) in [6.45, 7) is 2.50. The Morgan fingerprint density at radius 2 is 1.51 bits per heavy atom. The van der Waals surface area contributed by atoms with E-state index in [1.165, 1.54) is 6.92 Å². The average molecular weight is 562 g/mol. The number of allylic oxidation sites excluding steroid dienone is 1. The third-order valence-electron chi connectivity index (χ3n) is 4.56. The molecule has 2 atom stereocenters. The van der Waals surface area contributed by atoms with Crippen molar-refractivity contribution in [2.45, 2.75) is 38.3 Å². The van der Waals surface area contributed by atoms with Crippen molar-refractivity contribution in [2.24, 2.45) is 0 Å². The summed E-state index contributed by atoms with van der Waals surface area (Å²) >= 11 is 17.4. The van der Waals surface area contributed by atoms with E-state index in [1.807, 2.05) is 0 Å². The molecule has 2 N–H and O–H groups in total. The zero-order valence-corrected chi connectivity index (χ0v) is 20.2. The van der Waals surface area contributed by atoms with Crippen LogP contribution in [0, 0.1) is 0 Å². The molecule has 190 valence electrons. The minimum atomic E-state index is -4.99. The second-order valence-electron chi connectivity index (χ2n) is 7.38. The molecule has 0 aliphatic carbocycles. The molecule has 0 aromatic heterocycles. The van der Waals surface area contributed by atoms with Crippen LogP contribution in [-0.2, 0) is 11.0 Å². The summed E-state index contributed by atoms with van der Waals surface area (Å²) in [7, 11) is 0. The first-order valence-electron chi connectivity index (χ1n) is 9.69. The fourth-order valence-corrected chi connectivity index (χ4v) is 3.70. The van der Waals surface area contributed by atoms with E-state index in [2.05, 4.69) is 10.6 Å². The summed E-state index contributed by atoms with van der Waals surface area (Å²) in [4.78, 5) is 23.4. The lowest BCUT2D eigenvalue weighted by Gasteiger charge is -2.19. The molecule has 13 heteroatoms. The van der Waals surface area contributed by atoms with Crippen LogP contribution in [0.15, 0.2) is 36.4 Å². The highest BCUT2D eigenvalue weighted by Gasteiger charge is 2.40. The van der Waals surface area contributed by atoms with E-state index in [-0.39, 0.29) is 26.2 Å². The van der Waals surface area contributed by atoms with E-state index >= 15 is 0 Å². The van der Waals surface area contributed by atoms with E-state index in [1.54, 1.807) is 0 Å². The molecule has 0 aliphatic heterocycles. The Morgan fingerprint density at radius 1 is 0.943 bits per heavy atom. The van der Waals surface area contributed by atoms with Gasteiger partial charge in [-0.25, -0.2) is 0 Å². The largest absolute Gasteiger partial charge is 0.417 e. The zero-order chi connectivity index (χ0) is 26.7. The molecule has 2 amide bonds. The van der Waals surface area contributed by atoms with Crippen LogP contribution < -0.4 is 10.6 Å². The van der Waals surface area contributed by atoms with Crippen molar-refractivity contribution in [3.05, 3.63) is 73.7 Å². The quantitative estimate of drug-likeness (QED) is 0.222. The molecule has 0 radical (unpaired) electrons. The maximum Gasteiger partial charge on any atom is 0.417 e. The van der Waals surface area contributed by atoms with Gasteiger partial charge in [-0.1, -0.05) is 53.0 Å². The number of nitrogens with one attached hydrogen (secondary N) is 2. The normalized spacial score (nSPS) is 14.0. The Labute approximate surface area is 211 Å². The summed E-state index contributed by atoms with van der Waals surface area (Å²) in [5, 5.41) is 3.90. The van der Waals surface area contributed by atoms with Crippen LogP contribution in [0.3, 0.4) is 0 Å². The molecule has 4 nitrogen and oxygen atoms in total. The lowest BCUT2D eigenvalue weighted by molar-refractivity contribution is -0.139. The van der Waals surface area contributed by atoms with Gasteiger partial charge in [0.25, 0.3) is 5.91 Å². The topological polar surface area (TPSA) is 58.2 Å². The molecule has 0 heterocycles. The van der Waals surface area contributed by atoms with Crippen molar-refractivity contribution in [3.63, 3.8) is 0 Å². The monoisotopic (exact) mass is 560 g/mol. The van der Waals surface area contributed by atoms with Gasteiger partial charge in [0, 0.05) is 6.92 Å². The fourth-order valence-electron chi connectivity index (χ4n) is 3.08. The van der Waals surface area contributed by atoms with Crippen LogP contribution >= 0.6 is 34.8 Å². The molecule has 0 aliphatic rings. The van der Waals surface area contributed by atoms with Crippen molar-refractivity contribution in [1.82, 2.24) is 10.6 Å². The molecule has 2 aromatic carbocycles. The number of carbonyl (C=O) groups excluding carboxylic acids is 2. The van der Waals surface area contributed by atoms with Crippen LogP contribution in [0.5, 0.6) is 0 Å². The van der Waals surface area contributed by atoms with Gasteiger partial charge in [-0.3, -0.25) is 9.59 Å².